The Labute approximate surface area is 162 Å². The Balaban J connectivity index is 1.44. The maximum atomic E-state index is 12.3. The fourth-order valence-electron chi connectivity index (χ4n) is 4.34. The summed E-state index contributed by atoms with van der Waals surface area (Å²) >= 11 is 0. The highest BCUT2D eigenvalue weighted by atomic mass is 16.2. The summed E-state index contributed by atoms with van der Waals surface area (Å²) in [6.45, 7) is 4.83. The molecule has 1 saturated carbocycles. The number of piperidine rings is 1. The Morgan fingerprint density at radius 3 is 2.63 bits per heavy atom. The van der Waals surface area contributed by atoms with Gasteiger partial charge in [-0.25, -0.2) is 0 Å². The number of hydrogen-bond acceptors (Lipinski definition) is 3. The third-order valence-corrected chi connectivity index (χ3v) is 6.11. The van der Waals surface area contributed by atoms with Crippen molar-refractivity contribution >= 4 is 17.5 Å². The highest BCUT2D eigenvalue weighted by Gasteiger charge is 2.23. The predicted octanol–water partition coefficient (Wildman–Crippen LogP) is 3.46. The van der Waals surface area contributed by atoms with Crippen molar-refractivity contribution in [3.8, 4) is 0 Å². The SMILES string of the molecule is CC(CC(=O)NCc1cccc(NC(=O)C2CCCC2)c1)C1CCNCC1. The number of rotatable bonds is 7. The van der Waals surface area contributed by atoms with Gasteiger partial charge in [-0.2, -0.15) is 0 Å². The van der Waals surface area contributed by atoms with Crippen LogP contribution in [0, 0.1) is 17.8 Å². The summed E-state index contributed by atoms with van der Waals surface area (Å²) in [7, 11) is 0. The highest BCUT2D eigenvalue weighted by molar-refractivity contribution is 5.92. The molecule has 1 aliphatic heterocycles. The first-order chi connectivity index (χ1) is 13.1. The van der Waals surface area contributed by atoms with Gasteiger partial charge < -0.3 is 16.0 Å². The number of amides is 2. The Morgan fingerprint density at radius 1 is 1.15 bits per heavy atom. The molecule has 1 aromatic carbocycles. The van der Waals surface area contributed by atoms with Crippen LogP contribution in [0.3, 0.4) is 0 Å². The summed E-state index contributed by atoms with van der Waals surface area (Å²) in [5, 5.41) is 9.44. The lowest BCUT2D eigenvalue weighted by molar-refractivity contribution is -0.122. The van der Waals surface area contributed by atoms with Crippen LogP contribution in [-0.2, 0) is 16.1 Å². The number of nitrogens with one attached hydrogen (secondary N) is 3. The molecule has 1 saturated heterocycles. The molecule has 3 rings (SSSR count). The van der Waals surface area contributed by atoms with Crippen LogP contribution in [0.2, 0.25) is 0 Å². The van der Waals surface area contributed by atoms with E-state index in [0.29, 0.717) is 24.8 Å². The maximum Gasteiger partial charge on any atom is 0.227 e. The van der Waals surface area contributed by atoms with Crippen molar-refractivity contribution in [2.45, 2.75) is 58.4 Å². The number of carbonyl (C=O) groups is 2. The number of hydrogen-bond donors (Lipinski definition) is 3. The van der Waals surface area contributed by atoms with E-state index < -0.39 is 0 Å². The van der Waals surface area contributed by atoms with Crippen LogP contribution in [0.15, 0.2) is 24.3 Å². The van der Waals surface area contributed by atoms with Gasteiger partial charge in [0.15, 0.2) is 0 Å². The van der Waals surface area contributed by atoms with Gasteiger partial charge >= 0.3 is 0 Å². The lowest BCUT2D eigenvalue weighted by Gasteiger charge is -2.27. The first kappa shape index (κ1) is 19.9. The number of carbonyl (C=O) groups excluding carboxylic acids is 2. The van der Waals surface area contributed by atoms with Crippen molar-refractivity contribution in [2.75, 3.05) is 18.4 Å². The van der Waals surface area contributed by atoms with E-state index in [9.17, 15) is 9.59 Å². The molecule has 2 aliphatic rings. The zero-order valence-corrected chi connectivity index (χ0v) is 16.4. The second-order valence-corrected chi connectivity index (χ2v) is 8.22. The van der Waals surface area contributed by atoms with Crippen LogP contribution < -0.4 is 16.0 Å². The molecular weight excluding hydrogens is 338 g/mol. The summed E-state index contributed by atoms with van der Waals surface area (Å²) in [6.07, 6.45) is 7.21. The molecule has 0 spiro atoms. The zero-order valence-electron chi connectivity index (χ0n) is 16.4. The Kier molecular flexibility index (Phi) is 7.27. The summed E-state index contributed by atoms with van der Waals surface area (Å²) in [5.74, 6) is 1.46. The standard InChI is InChI=1S/C22H33N3O2/c1-16(18-9-11-23-12-10-18)13-21(26)24-15-17-5-4-8-20(14-17)25-22(27)19-6-2-3-7-19/h4-5,8,14,16,18-19,23H,2-3,6-7,9-13,15H2,1H3,(H,24,26)(H,25,27). The van der Waals surface area contributed by atoms with Gasteiger partial charge in [0.1, 0.15) is 0 Å². The minimum Gasteiger partial charge on any atom is -0.352 e. The van der Waals surface area contributed by atoms with E-state index in [4.69, 9.17) is 0 Å². The van der Waals surface area contributed by atoms with Crippen molar-refractivity contribution in [2.24, 2.45) is 17.8 Å². The van der Waals surface area contributed by atoms with Gasteiger partial charge in [-0.3, -0.25) is 9.59 Å². The molecule has 148 valence electrons. The lowest BCUT2D eigenvalue weighted by atomic mass is 9.84. The topological polar surface area (TPSA) is 70.2 Å². The van der Waals surface area contributed by atoms with Crippen LogP contribution in [0.4, 0.5) is 5.69 Å². The minimum absolute atomic E-state index is 0.112. The van der Waals surface area contributed by atoms with E-state index >= 15 is 0 Å². The van der Waals surface area contributed by atoms with Crippen LogP contribution >= 0.6 is 0 Å². The van der Waals surface area contributed by atoms with Crippen molar-refractivity contribution in [3.63, 3.8) is 0 Å². The van der Waals surface area contributed by atoms with E-state index in [1.807, 2.05) is 24.3 Å². The normalized spacial score (nSPS) is 19.6. The first-order valence-electron chi connectivity index (χ1n) is 10.5. The van der Waals surface area contributed by atoms with Gasteiger partial charge in [0, 0.05) is 24.6 Å². The molecule has 27 heavy (non-hydrogen) atoms. The molecule has 0 aromatic heterocycles. The van der Waals surface area contributed by atoms with Crippen LogP contribution in [0.1, 0.15) is 57.4 Å². The third-order valence-electron chi connectivity index (χ3n) is 6.11. The monoisotopic (exact) mass is 371 g/mol. The molecule has 3 N–H and O–H groups in total. The highest BCUT2D eigenvalue weighted by Crippen LogP contribution is 2.26. The quantitative estimate of drug-likeness (QED) is 0.687. The van der Waals surface area contributed by atoms with E-state index in [1.54, 1.807) is 0 Å². The van der Waals surface area contributed by atoms with Crippen molar-refractivity contribution < 1.29 is 9.59 Å². The van der Waals surface area contributed by atoms with Crippen molar-refractivity contribution in [1.82, 2.24) is 10.6 Å². The molecule has 2 amide bonds. The van der Waals surface area contributed by atoms with Gasteiger partial charge in [0.2, 0.25) is 11.8 Å². The molecule has 1 heterocycles. The fraction of sp³-hybridized carbons (Fsp3) is 0.636. The molecule has 0 radical (unpaired) electrons. The predicted molar refractivity (Wildman–Crippen MR) is 108 cm³/mol. The largest absolute Gasteiger partial charge is 0.352 e. The minimum atomic E-state index is 0.112. The molecule has 0 bridgehead atoms. The molecule has 5 heteroatoms. The lowest BCUT2D eigenvalue weighted by Crippen LogP contribution is -2.33. The van der Waals surface area contributed by atoms with Gasteiger partial charge in [0.25, 0.3) is 0 Å². The van der Waals surface area contributed by atoms with Gasteiger partial charge in [-0.05, 0) is 68.3 Å². The molecule has 1 atom stereocenters. The molecular formula is C22H33N3O2. The fourth-order valence-corrected chi connectivity index (χ4v) is 4.34. The molecule has 2 fully saturated rings. The summed E-state index contributed by atoms with van der Waals surface area (Å²) in [6, 6.07) is 7.80. The van der Waals surface area contributed by atoms with Crippen LogP contribution in [0.5, 0.6) is 0 Å². The smallest absolute Gasteiger partial charge is 0.227 e. The third kappa shape index (κ3) is 6.06. The van der Waals surface area contributed by atoms with Crippen LogP contribution in [0.25, 0.3) is 0 Å². The first-order valence-corrected chi connectivity index (χ1v) is 10.5. The van der Waals surface area contributed by atoms with E-state index in [1.165, 1.54) is 0 Å². The average Bonchev–Trinajstić information content (AvgIpc) is 3.22. The Hall–Kier alpha value is -1.88. The molecule has 1 unspecified atom stereocenters. The number of anilines is 1. The summed E-state index contributed by atoms with van der Waals surface area (Å²) in [4.78, 5) is 24.6. The van der Waals surface area contributed by atoms with Gasteiger partial charge in [-0.15, -0.1) is 0 Å². The molecule has 1 aliphatic carbocycles. The van der Waals surface area contributed by atoms with Crippen LogP contribution in [-0.4, -0.2) is 24.9 Å². The summed E-state index contributed by atoms with van der Waals surface area (Å²) in [5.41, 5.74) is 1.84. The second-order valence-electron chi connectivity index (χ2n) is 8.22. The van der Waals surface area contributed by atoms with Gasteiger partial charge in [0.05, 0.1) is 0 Å². The maximum absolute atomic E-state index is 12.3. The van der Waals surface area contributed by atoms with Crippen molar-refractivity contribution in [1.29, 1.82) is 0 Å². The van der Waals surface area contributed by atoms with Crippen molar-refractivity contribution in [3.05, 3.63) is 29.8 Å². The Morgan fingerprint density at radius 2 is 1.89 bits per heavy atom. The summed E-state index contributed by atoms with van der Waals surface area (Å²) < 4.78 is 0. The zero-order chi connectivity index (χ0) is 19.1. The van der Waals surface area contributed by atoms with E-state index in [2.05, 4.69) is 22.9 Å². The average molecular weight is 372 g/mol. The van der Waals surface area contributed by atoms with Gasteiger partial charge in [-0.1, -0.05) is 31.9 Å². The van der Waals surface area contributed by atoms with E-state index in [0.717, 1.165) is 62.9 Å². The second kappa shape index (κ2) is 9.88. The molecule has 1 aromatic rings. The number of benzene rings is 1. The Bertz CT molecular complexity index is 634. The molecule has 5 nitrogen and oxygen atoms in total. The van der Waals surface area contributed by atoms with E-state index in [-0.39, 0.29) is 17.7 Å².